The Balaban J connectivity index is 2.36. The van der Waals surface area contributed by atoms with Crippen molar-refractivity contribution in [3.63, 3.8) is 0 Å². The van der Waals surface area contributed by atoms with Crippen molar-refractivity contribution in [2.24, 2.45) is 0 Å². The Bertz CT molecular complexity index is 515. The first kappa shape index (κ1) is 12.1. The van der Waals surface area contributed by atoms with Crippen molar-refractivity contribution in [3.8, 4) is 0 Å². The first-order chi connectivity index (χ1) is 8.54. The van der Waals surface area contributed by atoms with E-state index in [1.165, 1.54) is 12.2 Å². The van der Waals surface area contributed by atoms with Crippen LogP contribution in [0.4, 0.5) is 0 Å². The predicted octanol–water partition coefficient (Wildman–Crippen LogP) is 0.225. The second kappa shape index (κ2) is 4.48. The Morgan fingerprint density at radius 3 is 2.89 bits per heavy atom. The van der Waals surface area contributed by atoms with E-state index in [9.17, 15) is 19.5 Å². The zero-order valence-corrected chi connectivity index (χ0v) is 9.62. The van der Waals surface area contributed by atoms with Crippen molar-refractivity contribution >= 4 is 17.7 Å². The average molecular weight is 249 g/mol. The molecular weight excluding hydrogens is 238 g/mol. The summed E-state index contributed by atoms with van der Waals surface area (Å²) < 4.78 is 4.70. The number of allylic oxidation sites excluding steroid dienone is 1. The van der Waals surface area contributed by atoms with Crippen LogP contribution in [0.15, 0.2) is 35.8 Å². The molecule has 2 heterocycles. The quantitative estimate of drug-likeness (QED) is 0.559. The van der Waals surface area contributed by atoms with Crippen molar-refractivity contribution in [1.29, 1.82) is 0 Å². The molecule has 2 aliphatic rings. The van der Waals surface area contributed by atoms with Crippen molar-refractivity contribution in [2.75, 3.05) is 6.61 Å². The minimum Gasteiger partial charge on any atom is -0.506 e. The van der Waals surface area contributed by atoms with E-state index in [1.54, 1.807) is 6.92 Å². The minimum atomic E-state index is -0.836. The van der Waals surface area contributed by atoms with E-state index in [-0.39, 0.29) is 17.9 Å². The van der Waals surface area contributed by atoms with Gasteiger partial charge < -0.3 is 9.84 Å². The molecule has 0 radical (unpaired) electrons. The fourth-order valence-corrected chi connectivity index (χ4v) is 1.75. The number of esters is 1. The normalized spacial score (nSPS) is 22.3. The largest absolute Gasteiger partial charge is 0.506 e. The summed E-state index contributed by atoms with van der Waals surface area (Å²) in [5.41, 5.74) is -0.322. The molecular formula is C12H11NO5. The number of carbonyl (C=O) groups is 3. The van der Waals surface area contributed by atoms with E-state index >= 15 is 0 Å². The van der Waals surface area contributed by atoms with Crippen LogP contribution in [0.2, 0.25) is 0 Å². The molecule has 2 rings (SSSR count). The predicted molar refractivity (Wildman–Crippen MR) is 60.2 cm³/mol. The maximum Gasteiger partial charge on any atom is 0.343 e. The molecule has 18 heavy (non-hydrogen) atoms. The number of rotatable bonds is 2. The van der Waals surface area contributed by atoms with Crippen LogP contribution >= 0.6 is 0 Å². The number of hydrogen-bond donors (Lipinski definition) is 1. The second-order valence-electron chi connectivity index (χ2n) is 3.75. The molecule has 1 unspecified atom stereocenters. The lowest BCUT2D eigenvalue weighted by Crippen LogP contribution is -2.47. The van der Waals surface area contributed by atoms with Gasteiger partial charge in [-0.15, -0.1) is 0 Å². The maximum absolute atomic E-state index is 12.0. The van der Waals surface area contributed by atoms with Crippen molar-refractivity contribution in [1.82, 2.24) is 4.90 Å². The Morgan fingerprint density at radius 1 is 1.50 bits per heavy atom. The van der Waals surface area contributed by atoms with Gasteiger partial charge in [-0.3, -0.25) is 14.5 Å². The minimum absolute atomic E-state index is 0.113. The maximum atomic E-state index is 12.0. The monoisotopic (exact) mass is 249 g/mol. The van der Waals surface area contributed by atoms with E-state index in [2.05, 4.69) is 0 Å². The fraction of sp³-hybridized carbons (Fsp3) is 0.250. The third-order valence-corrected chi connectivity index (χ3v) is 2.56. The van der Waals surface area contributed by atoms with Crippen LogP contribution in [0, 0.1) is 0 Å². The number of nitrogens with zero attached hydrogens (tertiary/aromatic N) is 1. The summed E-state index contributed by atoms with van der Waals surface area (Å²) in [7, 11) is 0. The van der Waals surface area contributed by atoms with Gasteiger partial charge in [-0.05, 0) is 13.0 Å². The molecule has 1 amide bonds. The van der Waals surface area contributed by atoms with E-state index in [0.717, 1.165) is 17.2 Å². The van der Waals surface area contributed by atoms with Crippen molar-refractivity contribution in [3.05, 3.63) is 35.8 Å². The summed E-state index contributed by atoms with van der Waals surface area (Å²) in [4.78, 5) is 36.3. The highest BCUT2D eigenvalue weighted by Crippen LogP contribution is 2.22. The lowest BCUT2D eigenvalue weighted by atomic mass is 9.98. The van der Waals surface area contributed by atoms with Gasteiger partial charge >= 0.3 is 5.97 Å². The van der Waals surface area contributed by atoms with Gasteiger partial charge in [-0.1, -0.05) is 6.08 Å². The standard InChI is InChI=1S/C12H11NO5/c1-2-18-12(17)8-5-10(15)9-4-3-7(14)6-13(9)11(8)16/h3-6,9,14H,2H2,1H3. The molecule has 0 saturated carbocycles. The topological polar surface area (TPSA) is 83.9 Å². The number of amides is 1. The molecule has 2 aliphatic heterocycles. The molecule has 6 heteroatoms. The molecule has 0 fully saturated rings. The van der Waals surface area contributed by atoms with Crippen LogP contribution in [-0.2, 0) is 19.1 Å². The van der Waals surface area contributed by atoms with Crippen molar-refractivity contribution in [2.45, 2.75) is 13.0 Å². The Kier molecular flexibility index (Phi) is 3.01. The molecule has 1 atom stereocenters. The first-order valence-electron chi connectivity index (χ1n) is 5.39. The van der Waals surface area contributed by atoms with Gasteiger partial charge in [0.1, 0.15) is 17.4 Å². The number of ether oxygens (including phenoxy) is 1. The van der Waals surface area contributed by atoms with E-state index in [0.29, 0.717) is 0 Å². The van der Waals surface area contributed by atoms with Gasteiger partial charge in [0.05, 0.1) is 12.8 Å². The van der Waals surface area contributed by atoms with Crippen LogP contribution in [0.25, 0.3) is 0 Å². The molecule has 0 aromatic heterocycles. The summed E-state index contributed by atoms with van der Waals surface area (Å²) >= 11 is 0. The van der Waals surface area contributed by atoms with Crippen LogP contribution in [0.3, 0.4) is 0 Å². The third-order valence-electron chi connectivity index (χ3n) is 2.56. The third kappa shape index (κ3) is 1.92. The zero-order chi connectivity index (χ0) is 13.3. The number of hydrogen-bond acceptors (Lipinski definition) is 5. The molecule has 1 N–H and O–H groups in total. The number of fused-ring (bicyclic) bond motifs is 1. The number of aliphatic hydroxyl groups excluding tert-OH is 1. The Labute approximate surface area is 103 Å². The van der Waals surface area contributed by atoms with E-state index in [1.807, 2.05) is 0 Å². The molecule has 0 aliphatic carbocycles. The van der Waals surface area contributed by atoms with Gasteiger partial charge in [-0.25, -0.2) is 4.79 Å². The summed E-state index contributed by atoms with van der Waals surface area (Å²) in [5.74, 6) is -2.05. The van der Waals surface area contributed by atoms with Gasteiger partial charge in [-0.2, -0.15) is 0 Å². The molecule has 0 spiro atoms. The molecule has 6 nitrogen and oxygen atoms in total. The van der Waals surface area contributed by atoms with Gasteiger partial charge in [0.15, 0.2) is 5.78 Å². The lowest BCUT2D eigenvalue weighted by molar-refractivity contribution is -0.144. The smallest absolute Gasteiger partial charge is 0.343 e. The Morgan fingerprint density at radius 2 is 2.22 bits per heavy atom. The van der Waals surface area contributed by atoms with Gasteiger partial charge in [0.25, 0.3) is 5.91 Å². The average Bonchev–Trinajstić information content (AvgIpc) is 2.33. The molecule has 94 valence electrons. The summed E-state index contributed by atoms with van der Waals surface area (Å²) in [6, 6.07) is -0.799. The number of carbonyl (C=O) groups excluding carboxylic acids is 3. The summed E-state index contributed by atoms with van der Waals surface area (Å²) in [5, 5.41) is 9.31. The first-order valence-corrected chi connectivity index (χ1v) is 5.39. The van der Waals surface area contributed by atoms with Gasteiger partial charge in [0, 0.05) is 6.08 Å². The summed E-state index contributed by atoms with van der Waals surface area (Å²) in [6.45, 7) is 1.72. The lowest BCUT2D eigenvalue weighted by Gasteiger charge is -2.30. The molecule has 0 bridgehead atoms. The van der Waals surface area contributed by atoms with Gasteiger partial charge in [0.2, 0.25) is 0 Å². The van der Waals surface area contributed by atoms with E-state index < -0.39 is 23.7 Å². The zero-order valence-electron chi connectivity index (χ0n) is 9.62. The fourth-order valence-electron chi connectivity index (χ4n) is 1.75. The SMILES string of the molecule is CCOC(=O)C1=CC(=O)C2C=CC(O)=CN2C1=O. The number of ketones is 1. The molecule has 0 aromatic rings. The molecule has 0 saturated heterocycles. The summed E-state index contributed by atoms with van der Waals surface area (Å²) in [6.07, 6.45) is 4.84. The highest BCUT2D eigenvalue weighted by molar-refractivity contribution is 6.24. The van der Waals surface area contributed by atoms with Crippen LogP contribution in [-0.4, -0.2) is 40.3 Å². The second-order valence-corrected chi connectivity index (χ2v) is 3.75. The van der Waals surface area contributed by atoms with Crippen LogP contribution < -0.4 is 0 Å². The molecule has 0 aromatic carbocycles. The highest BCUT2D eigenvalue weighted by atomic mass is 16.5. The van der Waals surface area contributed by atoms with E-state index in [4.69, 9.17) is 4.74 Å². The van der Waals surface area contributed by atoms with Crippen molar-refractivity contribution < 1.29 is 24.2 Å². The highest BCUT2D eigenvalue weighted by Gasteiger charge is 2.38. The Hall–Kier alpha value is -2.37. The van der Waals surface area contributed by atoms with Crippen LogP contribution in [0.5, 0.6) is 0 Å². The van der Waals surface area contributed by atoms with Crippen LogP contribution in [0.1, 0.15) is 6.92 Å². The number of aliphatic hydroxyl groups is 1.